The van der Waals surface area contributed by atoms with Crippen LogP contribution in [0.5, 0.6) is 0 Å². The van der Waals surface area contributed by atoms with Crippen LogP contribution in [0.2, 0.25) is 0 Å². The summed E-state index contributed by atoms with van der Waals surface area (Å²) >= 11 is 1.08. The average Bonchev–Trinajstić information content (AvgIpc) is 3.11. The number of benzene rings is 2. The van der Waals surface area contributed by atoms with E-state index in [1.165, 1.54) is 40.7 Å². The third-order valence-corrected chi connectivity index (χ3v) is 7.01. The summed E-state index contributed by atoms with van der Waals surface area (Å²) in [6.07, 6.45) is 0. The molecule has 0 aliphatic rings. The van der Waals surface area contributed by atoms with Crippen LogP contribution in [0.25, 0.3) is 11.1 Å². The quantitative estimate of drug-likeness (QED) is 0.540. The standard InChI is InChI=1S/C19H20FN3O4S2/c1-3-23(4-2)29(25,26)15-9-10-17-16(11-15)22-19(27-17)28-12-18(24)21-14-7-5-13(20)6-8-14/h5-11H,3-4,12H2,1-2H3,(H,21,24). The van der Waals surface area contributed by atoms with Gasteiger partial charge in [-0.25, -0.2) is 17.8 Å². The number of carbonyl (C=O) groups excluding carboxylic acids is 1. The second-order valence-electron chi connectivity index (χ2n) is 6.04. The van der Waals surface area contributed by atoms with E-state index in [0.717, 1.165) is 11.8 Å². The zero-order valence-corrected chi connectivity index (χ0v) is 17.5. The molecule has 7 nitrogen and oxygen atoms in total. The van der Waals surface area contributed by atoms with Crippen LogP contribution >= 0.6 is 11.8 Å². The van der Waals surface area contributed by atoms with Crippen LogP contribution in [-0.4, -0.2) is 42.5 Å². The maximum atomic E-state index is 12.9. The van der Waals surface area contributed by atoms with Crippen molar-refractivity contribution in [1.82, 2.24) is 9.29 Å². The van der Waals surface area contributed by atoms with Crippen LogP contribution in [-0.2, 0) is 14.8 Å². The number of thioether (sulfide) groups is 1. The van der Waals surface area contributed by atoms with Crippen molar-refractivity contribution in [1.29, 1.82) is 0 Å². The van der Waals surface area contributed by atoms with Crippen molar-refractivity contribution in [2.45, 2.75) is 24.0 Å². The lowest BCUT2D eigenvalue weighted by atomic mass is 10.3. The minimum Gasteiger partial charge on any atom is -0.431 e. The highest BCUT2D eigenvalue weighted by Crippen LogP contribution is 2.26. The molecule has 0 saturated carbocycles. The predicted molar refractivity (Wildman–Crippen MR) is 110 cm³/mol. The van der Waals surface area contributed by atoms with Crippen LogP contribution < -0.4 is 5.32 Å². The molecular weight excluding hydrogens is 417 g/mol. The summed E-state index contributed by atoms with van der Waals surface area (Å²) in [5.74, 6) is -0.644. The molecule has 0 aliphatic heterocycles. The number of sulfonamides is 1. The molecule has 0 fully saturated rings. The molecule has 0 aliphatic carbocycles. The van der Waals surface area contributed by atoms with Gasteiger partial charge in [0.1, 0.15) is 11.3 Å². The Bertz CT molecular complexity index is 1110. The fourth-order valence-corrected chi connectivity index (χ4v) is 4.80. The number of nitrogens with one attached hydrogen (secondary N) is 1. The van der Waals surface area contributed by atoms with E-state index in [1.807, 2.05) is 0 Å². The fourth-order valence-electron chi connectivity index (χ4n) is 2.68. The Labute approximate surface area is 172 Å². The maximum Gasteiger partial charge on any atom is 0.257 e. The Morgan fingerprint density at radius 3 is 2.52 bits per heavy atom. The number of hydrogen-bond acceptors (Lipinski definition) is 6. The first-order valence-electron chi connectivity index (χ1n) is 8.92. The third kappa shape index (κ3) is 4.95. The molecule has 0 unspecified atom stereocenters. The van der Waals surface area contributed by atoms with Crippen LogP contribution in [0, 0.1) is 5.82 Å². The van der Waals surface area contributed by atoms with Gasteiger partial charge in [-0.05, 0) is 42.5 Å². The molecule has 0 atom stereocenters. The topological polar surface area (TPSA) is 92.5 Å². The number of amides is 1. The van der Waals surface area contributed by atoms with Gasteiger partial charge in [0.05, 0.1) is 10.6 Å². The first-order chi connectivity index (χ1) is 13.8. The van der Waals surface area contributed by atoms with Crippen molar-refractivity contribution >= 4 is 44.5 Å². The van der Waals surface area contributed by atoms with E-state index < -0.39 is 10.0 Å². The maximum absolute atomic E-state index is 12.9. The smallest absolute Gasteiger partial charge is 0.257 e. The predicted octanol–water partition coefficient (Wildman–Crippen LogP) is 3.73. The first kappa shape index (κ1) is 21.3. The molecule has 0 spiro atoms. The Morgan fingerprint density at radius 1 is 1.17 bits per heavy atom. The third-order valence-electron chi connectivity index (χ3n) is 4.14. The summed E-state index contributed by atoms with van der Waals surface area (Å²) in [5, 5.41) is 2.90. The van der Waals surface area contributed by atoms with E-state index in [4.69, 9.17) is 4.42 Å². The summed E-state index contributed by atoms with van der Waals surface area (Å²) in [6.45, 7) is 4.31. The minimum atomic E-state index is -3.59. The van der Waals surface area contributed by atoms with Crippen molar-refractivity contribution in [3.8, 4) is 0 Å². The van der Waals surface area contributed by atoms with Gasteiger partial charge in [-0.2, -0.15) is 4.31 Å². The lowest BCUT2D eigenvalue weighted by molar-refractivity contribution is -0.113. The number of oxazole rings is 1. The molecule has 1 N–H and O–H groups in total. The minimum absolute atomic E-state index is 0.0365. The molecule has 2 aromatic carbocycles. The molecule has 0 bridgehead atoms. The highest BCUT2D eigenvalue weighted by molar-refractivity contribution is 7.99. The molecule has 3 rings (SSSR count). The molecule has 1 aromatic heterocycles. The molecule has 1 amide bonds. The lowest BCUT2D eigenvalue weighted by Gasteiger charge is -2.18. The van der Waals surface area contributed by atoms with Gasteiger partial charge in [0, 0.05) is 18.8 Å². The summed E-state index contributed by atoms with van der Waals surface area (Å²) in [6, 6.07) is 9.96. The SMILES string of the molecule is CCN(CC)S(=O)(=O)c1ccc2oc(SCC(=O)Nc3ccc(F)cc3)nc2c1. The zero-order chi connectivity index (χ0) is 21.0. The number of nitrogens with zero attached hydrogens (tertiary/aromatic N) is 2. The number of aromatic nitrogens is 1. The molecule has 154 valence electrons. The number of anilines is 1. The average molecular weight is 438 g/mol. The summed E-state index contributed by atoms with van der Waals surface area (Å²) in [7, 11) is -3.59. The monoisotopic (exact) mass is 437 g/mol. The highest BCUT2D eigenvalue weighted by Gasteiger charge is 2.22. The zero-order valence-electron chi connectivity index (χ0n) is 15.9. The molecule has 1 heterocycles. The molecule has 0 radical (unpaired) electrons. The highest BCUT2D eigenvalue weighted by atomic mass is 32.2. The van der Waals surface area contributed by atoms with Crippen molar-refractivity contribution in [3.63, 3.8) is 0 Å². The van der Waals surface area contributed by atoms with E-state index in [1.54, 1.807) is 19.9 Å². The van der Waals surface area contributed by atoms with Gasteiger partial charge >= 0.3 is 0 Å². The molecule has 29 heavy (non-hydrogen) atoms. The van der Waals surface area contributed by atoms with E-state index >= 15 is 0 Å². The Morgan fingerprint density at radius 2 is 1.86 bits per heavy atom. The van der Waals surface area contributed by atoms with E-state index in [9.17, 15) is 17.6 Å². The molecule has 10 heteroatoms. The normalized spacial score (nSPS) is 11.9. The van der Waals surface area contributed by atoms with Crippen molar-refractivity contribution in [3.05, 3.63) is 48.3 Å². The number of hydrogen-bond donors (Lipinski definition) is 1. The Kier molecular flexibility index (Phi) is 6.56. The summed E-state index contributed by atoms with van der Waals surface area (Å²) in [4.78, 5) is 16.5. The molecular formula is C19H20FN3O4S2. The van der Waals surface area contributed by atoms with Crippen LogP contribution in [0.15, 0.2) is 57.0 Å². The fraction of sp³-hybridized carbons (Fsp3) is 0.263. The van der Waals surface area contributed by atoms with Crippen LogP contribution in [0.1, 0.15) is 13.8 Å². The number of carbonyl (C=O) groups is 1. The Hall–Kier alpha value is -2.43. The van der Waals surface area contributed by atoms with Crippen LogP contribution in [0.3, 0.4) is 0 Å². The number of rotatable bonds is 8. The van der Waals surface area contributed by atoms with Gasteiger partial charge in [0.25, 0.3) is 5.22 Å². The van der Waals surface area contributed by atoms with Crippen LogP contribution in [0.4, 0.5) is 10.1 Å². The number of fused-ring (bicyclic) bond motifs is 1. The van der Waals surface area contributed by atoms with E-state index in [-0.39, 0.29) is 27.6 Å². The van der Waals surface area contributed by atoms with Crippen molar-refractivity contribution in [2.75, 3.05) is 24.2 Å². The van der Waals surface area contributed by atoms with Gasteiger partial charge < -0.3 is 9.73 Å². The van der Waals surface area contributed by atoms with Gasteiger partial charge in [0.2, 0.25) is 15.9 Å². The Balaban J connectivity index is 1.70. The number of halogens is 1. The largest absolute Gasteiger partial charge is 0.431 e. The van der Waals surface area contributed by atoms with Crippen molar-refractivity contribution < 1.29 is 22.0 Å². The van der Waals surface area contributed by atoms with Gasteiger partial charge in [-0.15, -0.1) is 0 Å². The summed E-state index contributed by atoms with van der Waals surface area (Å²) < 4.78 is 45.1. The van der Waals surface area contributed by atoms with E-state index in [0.29, 0.717) is 29.9 Å². The van der Waals surface area contributed by atoms with Gasteiger partial charge in [-0.1, -0.05) is 25.6 Å². The first-order valence-corrected chi connectivity index (χ1v) is 11.3. The molecule has 3 aromatic rings. The van der Waals surface area contributed by atoms with E-state index in [2.05, 4.69) is 10.3 Å². The molecule has 0 saturated heterocycles. The second-order valence-corrected chi connectivity index (χ2v) is 8.91. The van der Waals surface area contributed by atoms with Crippen molar-refractivity contribution in [2.24, 2.45) is 0 Å². The summed E-state index contributed by atoms with van der Waals surface area (Å²) in [5.41, 5.74) is 1.32. The van der Waals surface area contributed by atoms with Gasteiger partial charge in [-0.3, -0.25) is 4.79 Å². The lowest BCUT2D eigenvalue weighted by Crippen LogP contribution is -2.30. The second kappa shape index (κ2) is 8.93. The van der Waals surface area contributed by atoms with Gasteiger partial charge in [0.15, 0.2) is 5.58 Å².